The van der Waals surface area contributed by atoms with Crippen LogP contribution < -0.4 is 5.32 Å². The smallest absolute Gasteiger partial charge is 0.317 e. The molecule has 1 heterocycles. The van der Waals surface area contributed by atoms with Crippen molar-refractivity contribution in [2.75, 3.05) is 26.7 Å². The zero-order chi connectivity index (χ0) is 20.1. The number of rotatable bonds is 5. The SMILES string of the molecule is CN(CC(=O)O)C1CCCN(C(=O)NC2CCC(c3ccc(F)cc3)C2)CC1. The number of carboxylic acid groups (broad SMARTS) is 1. The third-order valence-corrected chi connectivity index (χ3v) is 6.09. The van der Waals surface area contributed by atoms with Crippen LogP contribution in [-0.2, 0) is 4.79 Å². The van der Waals surface area contributed by atoms with Gasteiger partial charge in [0.1, 0.15) is 5.82 Å². The minimum absolute atomic E-state index is 0.0220. The van der Waals surface area contributed by atoms with Crippen LogP contribution in [0.15, 0.2) is 24.3 Å². The molecule has 0 aromatic heterocycles. The number of halogens is 1. The van der Waals surface area contributed by atoms with Crippen molar-refractivity contribution in [2.24, 2.45) is 0 Å². The maximum Gasteiger partial charge on any atom is 0.317 e. The second kappa shape index (κ2) is 9.37. The molecule has 7 heteroatoms. The van der Waals surface area contributed by atoms with E-state index in [0.717, 1.165) is 44.1 Å². The Balaban J connectivity index is 1.47. The summed E-state index contributed by atoms with van der Waals surface area (Å²) >= 11 is 0. The Morgan fingerprint density at radius 2 is 1.93 bits per heavy atom. The molecule has 3 unspecified atom stereocenters. The average molecular weight is 391 g/mol. The van der Waals surface area contributed by atoms with Crippen molar-refractivity contribution in [3.05, 3.63) is 35.6 Å². The van der Waals surface area contributed by atoms with Gasteiger partial charge >= 0.3 is 12.0 Å². The molecule has 3 rings (SSSR count). The van der Waals surface area contributed by atoms with Crippen molar-refractivity contribution in [3.63, 3.8) is 0 Å². The Morgan fingerprint density at radius 3 is 2.64 bits per heavy atom. The topological polar surface area (TPSA) is 72.9 Å². The van der Waals surface area contributed by atoms with Gasteiger partial charge in [-0.25, -0.2) is 9.18 Å². The van der Waals surface area contributed by atoms with Crippen LogP contribution >= 0.6 is 0 Å². The fourth-order valence-corrected chi connectivity index (χ4v) is 4.48. The summed E-state index contributed by atoms with van der Waals surface area (Å²) in [6.07, 6.45) is 5.40. The first-order valence-corrected chi connectivity index (χ1v) is 10.2. The molecule has 1 aromatic carbocycles. The minimum atomic E-state index is -0.821. The number of aliphatic carboxylic acids is 1. The van der Waals surface area contributed by atoms with E-state index in [9.17, 15) is 14.0 Å². The lowest BCUT2D eigenvalue weighted by atomic mass is 9.97. The number of likely N-dealkylation sites (N-methyl/N-ethyl adjacent to an activating group) is 1. The van der Waals surface area contributed by atoms with E-state index in [1.165, 1.54) is 12.1 Å². The van der Waals surface area contributed by atoms with Gasteiger partial charge in [-0.05, 0) is 69.2 Å². The van der Waals surface area contributed by atoms with E-state index in [-0.39, 0.29) is 30.5 Å². The number of likely N-dealkylation sites (tertiary alicyclic amines) is 1. The monoisotopic (exact) mass is 391 g/mol. The highest BCUT2D eigenvalue weighted by Gasteiger charge is 2.29. The summed E-state index contributed by atoms with van der Waals surface area (Å²) in [7, 11) is 1.84. The Labute approximate surface area is 165 Å². The van der Waals surface area contributed by atoms with Crippen LogP contribution in [0.2, 0.25) is 0 Å². The normalized spacial score (nSPS) is 25.5. The number of nitrogens with one attached hydrogen (secondary N) is 1. The highest BCUT2D eigenvalue weighted by molar-refractivity contribution is 5.74. The summed E-state index contributed by atoms with van der Waals surface area (Å²) in [5.74, 6) is -0.678. The summed E-state index contributed by atoms with van der Waals surface area (Å²) in [5.41, 5.74) is 1.14. The van der Waals surface area contributed by atoms with E-state index in [1.54, 1.807) is 0 Å². The number of carboxylic acids is 1. The van der Waals surface area contributed by atoms with Gasteiger partial charge in [0.25, 0.3) is 0 Å². The van der Waals surface area contributed by atoms with Crippen molar-refractivity contribution >= 4 is 12.0 Å². The lowest BCUT2D eigenvalue weighted by Crippen LogP contribution is -2.45. The second-order valence-electron chi connectivity index (χ2n) is 8.09. The third-order valence-electron chi connectivity index (χ3n) is 6.09. The highest BCUT2D eigenvalue weighted by atomic mass is 19.1. The standard InChI is InChI=1S/C21H30FN3O3/c1-24(14-20(26)27)19-3-2-11-25(12-10-19)21(28)23-18-9-6-16(13-18)15-4-7-17(22)8-5-15/h4-5,7-8,16,18-19H,2-3,6,9-14H2,1H3,(H,23,28)(H,26,27). The predicted molar refractivity (Wildman–Crippen MR) is 105 cm³/mol. The fourth-order valence-electron chi connectivity index (χ4n) is 4.48. The molecule has 0 spiro atoms. The second-order valence-corrected chi connectivity index (χ2v) is 8.09. The van der Waals surface area contributed by atoms with Crippen LogP contribution in [0, 0.1) is 5.82 Å². The molecule has 1 aliphatic heterocycles. The molecule has 1 saturated heterocycles. The molecule has 2 fully saturated rings. The summed E-state index contributed by atoms with van der Waals surface area (Å²) in [6, 6.07) is 7.00. The van der Waals surface area contributed by atoms with Crippen LogP contribution in [-0.4, -0.2) is 65.7 Å². The van der Waals surface area contributed by atoms with Crippen molar-refractivity contribution in [2.45, 2.75) is 56.5 Å². The van der Waals surface area contributed by atoms with Gasteiger partial charge in [0.2, 0.25) is 0 Å². The number of carbonyl (C=O) groups is 2. The zero-order valence-corrected chi connectivity index (χ0v) is 16.4. The summed E-state index contributed by atoms with van der Waals surface area (Å²) in [4.78, 5) is 27.4. The zero-order valence-electron chi connectivity index (χ0n) is 16.4. The van der Waals surface area contributed by atoms with Gasteiger partial charge in [-0.2, -0.15) is 0 Å². The Hall–Kier alpha value is -2.15. The molecule has 0 radical (unpaired) electrons. The number of hydrogen-bond donors (Lipinski definition) is 2. The molecule has 2 N–H and O–H groups in total. The van der Waals surface area contributed by atoms with Crippen molar-refractivity contribution in [1.29, 1.82) is 0 Å². The molecule has 28 heavy (non-hydrogen) atoms. The van der Waals surface area contributed by atoms with Crippen molar-refractivity contribution in [3.8, 4) is 0 Å². The quantitative estimate of drug-likeness (QED) is 0.809. The van der Waals surface area contributed by atoms with E-state index in [0.29, 0.717) is 19.0 Å². The fraction of sp³-hybridized carbons (Fsp3) is 0.619. The first-order valence-electron chi connectivity index (χ1n) is 10.2. The maximum absolute atomic E-state index is 13.1. The van der Waals surface area contributed by atoms with Gasteiger partial charge in [-0.3, -0.25) is 9.69 Å². The van der Waals surface area contributed by atoms with Gasteiger partial charge in [-0.1, -0.05) is 12.1 Å². The van der Waals surface area contributed by atoms with E-state index in [2.05, 4.69) is 5.32 Å². The molecule has 2 amide bonds. The van der Waals surface area contributed by atoms with Crippen LogP contribution in [0.4, 0.5) is 9.18 Å². The molecule has 1 saturated carbocycles. The summed E-state index contributed by atoms with van der Waals surface area (Å²) in [5, 5.41) is 12.1. The van der Waals surface area contributed by atoms with E-state index < -0.39 is 5.97 Å². The van der Waals surface area contributed by atoms with Gasteiger partial charge in [-0.15, -0.1) is 0 Å². The Morgan fingerprint density at radius 1 is 1.18 bits per heavy atom. The summed E-state index contributed by atoms with van der Waals surface area (Å²) < 4.78 is 13.1. The molecule has 6 nitrogen and oxygen atoms in total. The minimum Gasteiger partial charge on any atom is -0.480 e. The summed E-state index contributed by atoms with van der Waals surface area (Å²) in [6.45, 7) is 1.38. The Bertz CT molecular complexity index is 682. The first kappa shape index (κ1) is 20.6. The lowest BCUT2D eigenvalue weighted by Gasteiger charge is -2.26. The third kappa shape index (κ3) is 5.44. The van der Waals surface area contributed by atoms with E-state index >= 15 is 0 Å². The van der Waals surface area contributed by atoms with Crippen molar-refractivity contribution < 1.29 is 19.1 Å². The average Bonchev–Trinajstić information content (AvgIpc) is 2.96. The number of carbonyl (C=O) groups excluding carboxylic acids is 1. The molecular weight excluding hydrogens is 361 g/mol. The number of nitrogens with zero attached hydrogens (tertiary/aromatic N) is 2. The predicted octanol–water partition coefficient (Wildman–Crippen LogP) is 3.04. The van der Waals surface area contributed by atoms with Gasteiger partial charge in [0.05, 0.1) is 6.54 Å². The van der Waals surface area contributed by atoms with Crippen LogP contribution in [0.1, 0.15) is 50.0 Å². The van der Waals surface area contributed by atoms with Crippen molar-refractivity contribution in [1.82, 2.24) is 15.1 Å². The van der Waals surface area contributed by atoms with E-state index in [4.69, 9.17) is 5.11 Å². The maximum atomic E-state index is 13.1. The first-order chi connectivity index (χ1) is 13.4. The molecular formula is C21H30FN3O3. The number of urea groups is 1. The van der Waals surface area contributed by atoms with Gasteiger partial charge in [0.15, 0.2) is 0 Å². The number of benzene rings is 1. The number of amides is 2. The molecule has 1 aliphatic carbocycles. The highest BCUT2D eigenvalue weighted by Crippen LogP contribution is 2.34. The molecule has 0 bridgehead atoms. The van der Waals surface area contributed by atoms with Gasteiger partial charge < -0.3 is 15.3 Å². The van der Waals surface area contributed by atoms with E-state index in [1.807, 2.05) is 29.0 Å². The largest absolute Gasteiger partial charge is 0.480 e. The molecule has 2 aliphatic rings. The van der Waals surface area contributed by atoms with Crippen LogP contribution in [0.3, 0.4) is 0 Å². The lowest BCUT2D eigenvalue weighted by molar-refractivity contribution is -0.138. The Kier molecular flexibility index (Phi) is 6.88. The molecule has 1 aromatic rings. The number of hydrogen-bond acceptors (Lipinski definition) is 3. The van der Waals surface area contributed by atoms with Gasteiger partial charge in [0, 0.05) is 25.2 Å². The molecule has 3 atom stereocenters. The van der Waals surface area contributed by atoms with Crippen LogP contribution in [0.5, 0.6) is 0 Å². The van der Waals surface area contributed by atoms with Crippen LogP contribution in [0.25, 0.3) is 0 Å². The molecule has 154 valence electrons.